The summed E-state index contributed by atoms with van der Waals surface area (Å²) < 4.78 is 14.5. The second kappa shape index (κ2) is 4.76. The minimum absolute atomic E-state index is 0.215. The maximum atomic E-state index is 13.6. The molecule has 0 aliphatic rings. The van der Waals surface area contributed by atoms with Gasteiger partial charge in [0.2, 0.25) is 0 Å². The monoisotopic (exact) mass is 279 g/mol. The second-order valence-electron chi connectivity index (χ2n) is 3.49. The highest BCUT2D eigenvalue weighted by Crippen LogP contribution is 2.27. The van der Waals surface area contributed by atoms with Gasteiger partial charge in [-0.15, -0.1) is 0 Å². The zero-order chi connectivity index (χ0) is 11.5. The van der Waals surface area contributed by atoms with Crippen molar-refractivity contribution in [2.45, 2.75) is 6.54 Å². The van der Waals surface area contributed by atoms with Gasteiger partial charge in [-0.2, -0.15) is 0 Å². The van der Waals surface area contributed by atoms with Gasteiger partial charge in [0.05, 0.1) is 0 Å². The molecule has 0 aliphatic heterocycles. The van der Waals surface area contributed by atoms with Gasteiger partial charge in [0.1, 0.15) is 5.82 Å². The van der Waals surface area contributed by atoms with Gasteiger partial charge >= 0.3 is 0 Å². The molecule has 0 unspecified atom stereocenters. The van der Waals surface area contributed by atoms with E-state index in [1.54, 1.807) is 12.1 Å². The van der Waals surface area contributed by atoms with Crippen LogP contribution in [0, 0.1) is 5.82 Å². The molecule has 82 valence electrons. The summed E-state index contributed by atoms with van der Waals surface area (Å²) in [7, 11) is 0. The molecular formula is C13H11BrFN. The molecule has 0 saturated heterocycles. The first-order valence-corrected chi connectivity index (χ1v) is 5.75. The number of hydrogen-bond acceptors (Lipinski definition) is 1. The summed E-state index contributed by atoms with van der Waals surface area (Å²) in [6, 6.07) is 12.4. The van der Waals surface area contributed by atoms with Crippen LogP contribution in [0.25, 0.3) is 11.1 Å². The lowest BCUT2D eigenvalue weighted by Gasteiger charge is -2.07. The normalized spacial score (nSPS) is 10.4. The van der Waals surface area contributed by atoms with Crippen molar-refractivity contribution in [2.75, 3.05) is 0 Å². The molecule has 16 heavy (non-hydrogen) atoms. The van der Waals surface area contributed by atoms with Gasteiger partial charge in [-0.25, -0.2) is 4.39 Å². The van der Waals surface area contributed by atoms with Gasteiger partial charge in [0.15, 0.2) is 0 Å². The molecule has 3 heteroatoms. The highest BCUT2D eigenvalue weighted by atomic mass is 79.9. The van der Waals surface area contributed by atoms with Crippen molar-refractivity contribution in [3.8, 4) is 11.1 Å². The van der Waals surface area contributed by atoms with E-state index in [9.17, 15) is 4.39 Å². The quantitative estimate of drug-likeness (QED) is 0.891. The second-order valence-corrected chi connectivity index (χ2v) is 4.34. The minimum atomic E-state index is -0.215. The lowest BCUT2D eigenvalue weighted by atomic mass is 10.0. The van der Waals surface area contributed by atoms with Crippen molar-refractivity contribution in [2.24, 2.45) is 5.73 Å². The topological polar surface area (TPSA) is 26.0 Å². The van der Waals surface area contributed by atoms with Crippen LogP contribution in [0.3, 0.4) is 0 Å². The first-order chi connectivity index (χ1) is 7.72. The van der Waals surface area contributed by atoms with E-state index in [1.807, 2.05) is 24.3 Å². The Morgan fingerprint density at radius 2 is 1.88 bits per heavy atom. The molecule has 0 heterocycles. The largest absolute Gasteiger partial charge is 0.326 e. The van der Waals surface area contributed by atoms with Crippen molar-refractivity contribution in [3.63, 3.8) is 0 Å². The Hall–Kier alpha value is -1.19. The standard InChI is InChI=1S/C13H11BrFN/c14-12-6-5-9(7-10(12)8-16)11-3-1-2-4-13(11)15/h1-7H,8,16H2. The van der Waals surface area contributed by atoms with Crippen molar-refractivity contribution in [1.29, 1.82) is 0 Å². The van der Waals surface area contributed by atoms with E-state index in [0.717, 1.165) is 15.6 Å². The molecule has 1 nitrogen and oxygen atoms in total. The summed E-state index contributed by atoms with van der Waals surface area (Å²) in [5.41, 5.74) is 8.04. The summed E-state index contributed by atoms with van der Waals surface area (Å²) >= 11 is 3.41. The average molecular weight is 280 g/mol. The number of hydrogen-bond donors (Lipinski definition) is 1. The fraction of sp³-hybridized carbons (Fsp3) is 0.0769. The molecular weight excluding hydrogens is 269 g/mol. The van der Waals surface area contributed by atoms with Crippen molar-refractivity contribution >= 4 is 15.9 Å². The molecule has 0 aliphatic carbocycles. The molecule has 0 radical (unpaired) electrons. The molecule has 2 aromatic carbocycles. The Bertz CT molecular complexity index is 511. The molecule has 2 N–H and O–H groups in total. The van der Waals surface area contributed by atoms with E-state index in [-0.39, 0.29) is 5.82 Å². The van der Waals surface area contributed by atoms with Gasteiger partial charge in [-0.3, -0.25) is 0 Å². The third-order valence-corrected chi connectivity index (χ3v) is 3.22. The van der Waals surface area contributed by atoms with Crippen LogP contribution in [-0.2, 0) is 6.54 Å². The number of nitrogens with two attached hydrogens (primary N) is 1. The molecule has 2 rings (SSSR count). The zero-order valence-corrected chi connectivity index (χ0v) is 10.2. The van der Waals surface area contributed by atoms with E-state index in [4.69, 9.17) is 5.73 Å². The van der Waals surface area contributed by atoms with E-state index in [0.29, 0.717) is 12.1 Å². The molecule has 0 bridgehead atoms. The van der Waals surface area contributed by atoms with Crippen LogP contribution in [0.1, 0.15) is 5.56 Å². The smallest absolute Gasteiger partial charge is 0.131 e. The maximum Gasteiger partial charge on any atom is 0.131 e. The summed E-state index contributed by atoms with van der Waals surface area (Å²) in [6.45, 7) is 0.433. The van der Waals surface area contributed by atoms with E-state index in [1.165, 1.54) is 6.07 Å². The first kappa shape index (κ1) is 11.3. The predicted molar refractivity (Wildman–Crippen MR) is 67.4 cm³/mol. The third-order valence-electron chi connectivity index (χ3n) is 2.45. The Kier molecular flexibility index (Phi) is 3.36. The lowest BCUT2D eigenvalue weighted by molar-refractivity contribution is 0.631. The van der Waals surface area contributed by atoms with Crippen LogP contribution in [-0.4, -0.2) is 0 Å². The zero-order valence-electron chi connectivity index (χ0n) is 8.58. The molecule has 0 atom stereocenters. The Labute approximate surface area is 102 Å². The summed E-state index contributed by atoms with van der Waals surface area (Å²) in [6.07, 6.45) is 0. The van der Waals surface area contributed by atoms with Gasteiger partial charge in [-0.05, 0) is 29.3 Å². The minimum Gasteiger partial charge on any atom is -0.326 e. The van der Waals surface area contributed by atoms with Crippen molar-refractivity contribution in [1.82, 2.24) is 0 Å². The highest BCUT2D eigenvalue weighted by Gasteiger charge is 2.06. The fourth-order valence-corrected chi connectivity index (χ4v) is 2.00. The predicted octanol–water partition coefficient (Wildman–Crippen LogP) is 3.71. The molecule has 0 saturated carbocycles. The summed E-state index contributed by atoms with van der Waals surface area (Å²) in [4.78, 5) is 0. The SMILES string of the molecule is NCc1cc(-c2ccccc2F)ccc1Br. The van der Waals surface area contributed by atoms with Crippen LogP contribution >= 0.6 is 15.9 Å². The number of benzene rings is 2. The highest BCUT2D eigenvalue weighted by molar-refractivity contribution is 9.10. The molecule has 2 aromatic rings. The van der Waals surface area contributed by atoms with E-state index < -0.39 is 0 Å². The lowest BCUT2D eigenvalue weighted by Crippen LogP contribution is -1.97. The Morgan fingerprint density at radius 1 is 1.12 bits per heavy atom. The molecule has 0 spiro atoms. The summed E-state index contributed by atoms with van der Waals surface area (Å²) in [5.74, 6) is -0.215. The molecule has 0 fully saturated rings. The van der Waals surface area contributed by atoms with Gasteiger partial charge in [0, 0.05) is 16.6 Å². The first-order valence-electron chi connectivity index (χ1n) is 4.96. The van der Waals surface area contributed by atoms with Gasteiger partial charge in [-0.1, -0.05) is 40.2 Å². The Balaban J connectivity index is 2.53. The van der Waals surface area contributed by atoms with Crippen LogP contribution in [0.5, 0.6) is 0 Å². The van der Waals surface area contributed by atoms with Crippen LogP contribution in [0.2, 0.25) is 0 Å². The van der Waals surface area contributed by atoms with E-state index in [2.05, 4.69) is 15.9 Å². The summed E-state index contributed by atoms with van der Waals surface area (Å²) in [5, 5.41) is 0. The average Bonchev–Trinajstić information content (AvgIpc) is 2.31. The Morgan fingerprint density at radius 3 is 2.56 bits per heavy atom. The number of rotatable bonds is 2. The fourth-order valence-electron chi connectivity index (χ4n) is 1.59. The molecule has 0 amide bonds. The van der Waals surface area contributed by atoms with Crippen molar-refractivity contribution < 1.29 is 4.39 Å². The van der Waals surface area contributed by atoms with Crippen LogP contribution < -0.4 is 5.73 Å². The van der Waals surface area contributed by atoms with Crippen LogP contribution in [0.15, 0.2) is 46.9 Å². The van der Waals surface area contributed by atoms with Gasteiger partial charge in [0.25, 0.3) is 0 Å². The van der Waals surface area contributed by atoms with Crippen LogP contribution in [0.4, 0.5) is 4.39 Å². The van der Waals surface area contributed by atoms with Crippen molar-refractivity contribution in [3.05, 3.63) is 58.3 Å². The molecule has 0 aromatic heterocycles. The number of halogens is 2. The third kappa shape index (κ3) is 2.15. The maximum absolute atomic E-state index is 13.6. The van der Waals surface area contributed by atoms with Gasteiger partial charge < -0.3 is 5.73 Å². The van der Waals surface area contributed by atoms with E-state index >= 15 is 0 Å².